The topological polar surface area (TPSA) is 26.3 Å². The average molecular weight is 337 g/mol. The van der Waals surface area contributed by atoms with E-state index in [9.17, 15) is 4.79 Å². The van der Waals surface area contributed by atoms with Crippen LogP contribution in [0, 0.1) is 29.1 Å². The molecule has 0 unspecified atom stereocenters. The molecule has 0 amide bonds. The molecule has 0 aromatic rings. The first-order valence-corrected chi connectivity index (χ1v) is 12.1. The quantitative estimate of drug-likeness (QED) is 0.493. The van der Waals surface area contributed by atoms with E-state index in [-0.39, 0.29) is 16.9 Å². The summed E-state index contributed by atoms with van der Waals surface area (Å²) in [6.45, 7) is 20.5. The van der Waals surface area contributed by atoms with Gasteiger partial charge in [0.25, 0.3) is 0 Å². The largest absolute Gasteiger partial charge is 0.416 e. The van der Waals surface area contributed by atoms with Crippen molar-refractivity contribution in [3.63, 3.8) is 0 Å². The molecule has 23 heavy (non-hydrogen) atoms. The van der Waals surface area contributed by atoms with E-state index in [1.165, 1.54) is 6.42 Å². The molecule has 2 rings (SSSR count). The maximum atomic E-state index is 13.1. The summed E-state index contributed by atoms with van der Waals surface area (Å²) in [5.41, 5.74) is 0.342. The van der Waals surface area contributed by atoms with Crippen LogP contribution in [0.15, 0.2) is 12.7 Å². The fourth-order valence-corrected chi connectivity index (χ4v) is 5.32. The first kappa shape index (κ1) is 18.9. The van der Waals surface area contributed by atoms with E-state index in [0.29, 0.717) is 29.6 Å². The zero-order chi connectivity index (χ0) is 17.6. The molecule has 2 saturated carbocycles. The number of Topliss-reactive ketones (excluding diaryl/α,β-unsaturated/α-hetero) is 1. The molecule has 0 aromatic heterocycles. The Kier molecular flexibility index (Phi) is 5.05. The van der Waals surface area contributed by atoms with Crippen LogP contribution in [0.25, 0.3) is 0 Å². The molecule has 0 spiro atoms. The number of hydrogen-bond donors (Lipinski definition) is 0. The standard InChI is InChI=1S/C20H36O2Si/c1-9-10-15-17-16(20(17,5)6)12-11-14(18(15)21)13-22-23(7,8)19(2,3)4/h9,14-17H,1,10-13H2,2-8H3/t14-,15+,16-,17+/m1/s1. The summed E-state index contributed by atoms with van der Waals surface area (Å²) in [6, 6.07) is 0. The molecule has 2 nitrogen and oxygen atoms in total. The zero-order valence-electron chi connectivity index (χ0n) is 16.2. The molecule has 4 atom stereocenters. The molecule has 0 bridgehead atoms. The van der Waals surface area contributed by atoms with Crippen LogP contribution in [0.4, 0.5) is 0 Å². The van der Waals surface area contributed by atoms with Gasteiger partial charge in [0.05, 0.1) is 0 Å². The molecule has 2 fully saturated rings. The highest BCUT2D eigenvalue weighted by Gasteiger charge is 2.63. The van der Waals surface area contributed by atoms with Gasteiger partial charge >= 0.3 is 0 Å². The third-order valence-corrected chi connectivity index (χ3v) is 11.5. The lowest BCUT2D eigenvalue weighted by atomic mass is 9.84. The van der Waals surface area contributed by atoms with E-state index in [2.05, 4.69) is 54.3 Å². The Morgan fingerprint density at radius 1 is 1.30 bits per heavy atom. The van der Waals surface area contributed by atoms with Crippen molar-refractivity contribution in [2.45, 2.75) is 72.0 Å². The van der Waals surface area contributed by atoms with E-state index >= 15 is 0 Å². The molecule has 0 radical (unpaired) electrons. The Hall–Kier alpha value is -0.413. The van der Waals surface area contributed by atoms with Crippen LogP contribution in [0.3, 0.4) is 0 Å². The maximum Gasteiger partial charge on any atom is 0.192 e. The average Bonchev–Trinajstić information content (AvgIpc) is 2.99. The number of fused-ring (bicyclic) bond motifs is 1. The van der Waals surface area contributed by atoms with Crippen LogP contribution in [0.5, 0.6) is 0 Å². The summed E-state index contributed by atoms with van der Waals surface area (Å²) >= 11 is 0. The van der Waals surface area contributed by atoms with Crippen LogP contribution < -0.4 is 0 Å². The number of hydrogen-bond acceptors (Lipinski definition) is 2. The second-order valence-corrected chi connectivity index (χ2v) is 14.6. The van der Waals surface area contributed by atoms with Gasteiger partial charge in [-0.1, -0.05) is 40.7 Å². The van der Waals surface area contributed by atoms with E-state index in [1.54, 1.807) is 0 Å². The Bertz CT molecular complexity index is 473. The van der Waals surface area contributed by atoms with Crippen molar-refractivity contribution in [2.75, 3.05) is 6.61 Å². The fourth-order valence-electron chi connectivity index (χ4n) is 4.27. The highest BCUT2D eigenvalue weighted by atomic mass is 28.4. The molecule has 2 aliphatic rings. The van der Waals surface area contributed by atoms with Crippen molar-refractivity contribution in [3.05, 3.63) is 12.7 Å². The van der Waals surface area contributed by atoms with E-state index in [4.69, 9.17) is 4.43 Å². The van der Waals surface area contributed by atoms with Crippen LogP contribution in [-0.4, -0.2) is 20.7 Å². The van der Waals surface area contributed by atoms with Crippen molar-refractivity contribution in [1.29, 1.82) is 0 Å². The Labute approximate surface area is 144 Å². The summed E-state index contributed by atoms with van der Waals surface area (Å²) in [5, 5.41) is 0.200. The Morgan fingerprint density at radius 2 is 1.91 bits per heavy atom. The SMILES string of the molecule is C=CC[C@@H]1C(=O)[C@@H](CO[Si](C)(C)C(C)(C)C)CC[C@@H]2[C@H]1C2(C)C. The Morgan fingerprint density at radius 3 is 2.43 bits per heavy atom. The second kappa shape index (κ2) is 6.14. The summed E-state index contributed by atoms with van der Waals surface area (Å²) < 4.78 is 6.38. The van der Waals surface area contributed by atoms with Gasteiger partial charge in [0.1, 0.15) is 5.78 Å². The van der Waals surface area contributed by atoms with Gasteiger partial charge in [-0.15, -0.1) is 6.58 Å². The van der Waals surface area contributed by atoms with Crippen molar-refractivity contribution in [2.24, 2.45) is 29.1 Å². The number of rotatable bonds is 5. The molecule has 0 saturated heterocycles. The number of ketones is 1. The Balaban J connectivity index is 2.07. The van der Waals surface area contributed by atoms with Gasteiger partial charge in [0.15, 0.2) is 8.32 Å². The van der Waals surface area contributed by atoms with Gasteiger partial charge in [0, 0.05) is 18.4 Å². The molecule has 0 N–H and O–H groups in total. The van der Waals surface area contributed by atoms with E-state index in [1.807, 2.05) is 6.08 Å². The number of carbonyl (C=O) groups is 1. The minimum absolute atomic E-state index is 0.0951. The van der Waals surface area contributed by atoms with Gasteiger partial charge in [0.2, 0.25) is 0 Å². The van der Waals surface area contributed by atoms with Gasteiger partial charge in [-0.3, -0.25) is 4.79 Å². The summed E-state index contributed by atoms with van der Waals surface area (Å²) in [6.07, 6.45) is 4.96. The molecule has 0 heterocycles. The van der Waals surface area contributed by atoms with E-state index < -0.39 is 8.32 Å². The van der Waals surface area contributed by atoms with E-state index in [0.717, 1.165) is 12.8 Å². The fraction of sp³-hybridized carbons (Fsp3) is 0.850. The van der Waals surface area contributed by atoms with Crippen molar-refractivity contribution >= 4 is 14.1 Å². The highest BCUT2D eigenvalue weighted by molar-refractivity contribution is 6.74. The van der Waals surface area contributed by atoms with Crippen LogP contribution in [-0.2, 0) is 9.22 Å². The predicted molar refractivity (Wildman–Crippen MR) is 99.9 cm³/mol. The number of carbonyl (C=O) groups excluding carboxylic acids is 1. The first-order chi connectivity index (χ1) is 10.4. The normalized spacial score (nSPS) is 33.8. The minimum atomic E-state index is -1.78. The smallest absolute Gasteiger partial charge is 0.192 e. The third-order valence-electron chi connectivity index (χ3n) is 7.04. The van der Waals surface area contributed by atoms with Crippen molar-refractivity contribution in [1.82, 2.24) is 0 Å². The van der Waals surface area contributed by atoms with Crippen LogP contribution in [0.2, 0.25) is 18.1 Å². The second-order valence-electron chi connectivity index (χ2n) is 9.83. The van der Waals surface area contributed by atoms with Crippen LogP contribution in [0.1, 0.15) is 53.9 Å². The van der Waals surface area contributed by atoms with Crippen molar-refractivity contribution < 1.29 is 9.22 Å². The minimum Gasteiger partial charge on any atom is -0.416 e. The summed E-state index contributed by atoms with van der Waals surface area (Å²) in [5.74, 6) is 1.99. The zero-order valence-corrected chi connectivity index (χ0v) is 17.2. The summed E-state index contributed by atoms with van der Waals surface area (Å²) in [4.78, 5) is 13.1. The molecule has 2 aliphatic carbocycles. The predicted octanol–water partition coefficient (Wildman–Crippen LogP) is 5.45. The molecule has 0 aliphatic heterocycles. The molecule has 3 heteroatoms. The van der Waals surface area contributed by atoms with Crippen LogP contribution >= 0.6 is 0 Å². The maximum absolute atomic E-state index is 13.1. The van der Waals surface area contributed by atoms with Crippen molar-refractivity contribution in [3.8, 4) is 0 Å². The highest BCUT2D eigenvalue weighted by Crippen LogP contribution is 2.66. The van der Waals surface area contributed by atoms with Gasteiger partial charge in [-0.2, -0.15) is 0 Å². The third kappa shape index (κ3) is 3.51. The van der Waals surface area contributed by atoms with Gasteiger partial charge in [-0.05, 0) is 54.6 Å². The van der Waals surface area contributed by atoms with Gasteiger partial charge < -0.3 is 4.43 Å². The molecule has 132 valence electrons. The lowest BCUT2D eigenvalue weighted by molar-refractivity contribution is -0.128. The molecule has 0 aromatic carbocycles. The molecular formula is C20H36O2Si. The summed E-state index contributed by atoms with van der Waals surface area (Å²) in [7, 11) is -1.78. The van der Waals surface area contributed by atoms with Gasteiger partial charge in [-0.25, -0.2) is 0 Å². The lowest BCUT2D eigenvalue weighted by Crippen LogP contribution is -2.43. The number of allylic oxidation sites excluding steroid dienone is 1. The lowest BCUT2D eigenvalue weighted by Gasteiger charge is -2.37. The first-order valence-electron chi connectivity index (χ1n) is 9.22. The monoisotopic (exact) mass is 336 g/mol. The molecular weight excluding hydrogens is 300 g/mol.